The highest BCUT2D eigenvalue weighted by atomic mass is 32.1. The van der Waals surface area contributed by atoms with Crippen molar-refractivity contribution < 1.29 is 4.74 Å². The summed E-state index contributed by atoms with van der Waals surface area (Å²) in [5.41, 5.74) is 5.47. The van der Waals surface area contributed by atoms with Gasteiger partial charge in [0.2, 0.25) is 0 Å². The van der Waals surface area contributed by atoms with Crippen molar-refractivity contribution in [1.29, 1.82) is 0 Å². The quantitative estimate of drug-likeness (QED) is 0.742. The summed E-state index contributed by atoms with van der Waals surface area (Å²) in [6.07, 6.45) is 1.80. The highest BCUT2D eigenvalue weighted by Crippen LogP contribution is 2.20. The van der Waals surface area contributed by atoms with E-state index < -0.39 is 0 Å². The third-order valence-corrected chi connectivity index (χ3v) is 2.42. The van der Waals surface area contributed by atoms with Crippen molar-refractivity contribution in [3.8, 4) is 0 Å². The van der Waals surface area contributed by atoms with Gasteiger partial charge in [0.1, 0.15) is 11.1 Å². The van der Waals surface area contributed by atoms with Crippen LogP contribution in [0, 0.1) is 6.92 Å². The van der Waals surface area contributed by atoms with E-state index in [0.717, 1.165) is 5.01 Å². The standard InChI is InChI=1S/C7H12N2OS/c1-5-4-9-7(11-5)6(3-8)10-2/h4,6H,3,8H2,1-2H3. The molecule has 0 aliphatic carbocycles. The van der Waals surface area contributed by atoms with E-state index in [-0.39, 0.29) is 6.10 Å². The van der Waals surface area contributed by atoms with Crippen LogP contribution in [0.4, 0.5) is 0 Å². The second kappa shape index (κ2) is 3.80. The Balaban J connectivity index is 2.73. The largest absolute Gasteiger partial charge is 0.373 e. The second-order valence-corrected chi connectivity index (χ2v) is 3.54. The van der Waals surface area contributed by atoms with Crippen LogP contribution in [-0.4, -0.2) is 18.6 Å². The van der Waals surface area contributed by atoms with Crippen molar-refractivity contribution in [3.05, 3.63) is 16.1 Å². The van der Waals surface area contributed by atoms with Gasteiger partial charge in [-0.2, -0.15) is 0 Å². The topological polar surface area (TPSA) is 48.1 Å². The summed E-state index contributed by atoms with van der Waals surface area (Å²) in [7, 11) is 1.65. The Morgan fingerprint density at radius 1 is 1.82 bits per heavy atom. The molecule has 0 radical (unpaired) electrons. The Morgan fingerprint density at radius 2 is 2.55 bits per heavy atom. The Morgan fingerprint density at radius 3 is 2.91 bits per heavy atom. The Hall–Kier alpha value is -0.450. The molecule has 1 rings (SSSR count). The van der Waals surface area contributed by atoms with Gasteiger partial charge in [-0.1, -0.05) is 0 Å². The van der Waals surface area contributed by atoms with E-state index in [0.29, 0.717) is 6.54 Å². The molecule has 2 N–H and O–H groups in total. The van der Waals surface area contributed by atoms with Crippen LogP contribution in [0.2, 0.25) is 0 Å². The zero-order valence-electron chi connectivity index (χ0n) is 6.70. The molecule has 0 saturated carbocycles. The lowest BCUT2D eigenvalue weighted by atomic mass is 10.4. The predicted octanol–water partition coefficient (Wildman–Crippen LogP) is 1.10. The van der Waals surface area contributed by atoms with Crippen molar-refractivity contribution in [2.75, 3.05) is 13.7 Å². The molecule has 1 unspecified atom stereocenters. The predicted molar refractivity (Wildman–Crippen MR) is 45.7 cm³/mol. The van der Waals surface area contributed by atoms with Gasteiger partial charge in [-0.05, 0) is 6.92 Å². The van der Waals surface area contributed by atoms with Crippen molar-refractivity contribution in [2.24, 2.45) is 5.73 Å². The van der Waals surface area contributed by atoms with Gasteiger partial charge < -0.3 is 10.5 Å². The molecule has 0 aliphatic heterocycles. The minimum absolute atomic E-state index is 0.0336. The van der Waals surface area contributed by atoms with Crippen LogP contribution in [-0.2, 0) is 4.74 Å². The Kier molecular flexibility index (Phi) is 2.99. The lowest BCUT2D eigenvalue weighted by molar-refractivity contribution is 0.110. The van der Waals surface area contributed by atoms with E-state index in [2.05, 4.69) is 4.98 Å². The minimum atomic E-state index is -0.0336. The van der Waals surface area contributed by atoms with Crippen LogP contribution < -0.4 is 5.73 Å². The van der Waals surface area contributed by atoms with Gasteiger partial charge >= 0.3 is 0 Å². The third-order valence-electron chi connectivity index (χ3n) is 1.41. The van der Waals surface area contributed by atoms with Crippen molar-refractivity contribution in [3.63, 3.8) is 0 Å². The molecular formula is C7H12N2OS. The first-order chi connectivity index (χ1) is 5.27. The lowest BCUT2D eigenvalue weighted by Gasteiger charge is -2.07. The molecule has 1 aromatic heterocycles. The fourth-order valence-electron chi connectivity index (χ4n) is 0.819. The first-order valence-electron chi connectivity index (χ1n) is 3.43. The lowest BCUT2D eigenvalue weighted by Crippen LogP contribution is -2.13. The molecule has 62 valence electrons. The maximum Gasteiger partial charge on any atom is 0.123 e. The van der Waals surface area contributed by atoms with Gasteiger partial charge in [0.15, 0.2) is 0 Å². The molecule has 0 bridgehead atoms. The number of rotatable bonds is 3. The molecule has 0 aromatic carbocycles. The molecule has 4 heteroatoms. The van der Waals surface area contributed by atoms with Gasteiger partial charge in [-0.25, -0.2) is 4.98 Å². The van der Waals surface area contributed by atoms with Gasteiger partial charge in [-0.15, -0.1) is 11.3 Å². The summed E-state index contributed by atoms with van der Waals surface area (Å²) in [6, 6.07) is 0. The third kappa shape index (κ3) is 1.99. The van der Waals surface area contributed by atoms with E-state index in [4.69, 9.17) is 10.5 Å². The normalized spacial score (nSPS) is 13.4. The highest BCUT2D eigenvalue weighted by molar-refractivity contribution is 7.11. The van der Waals surface area contributed by atoms with Gasteiger partial charge in [0, 0.05) is 24.7 Å². The van der Waals surface area contributed by atoms with Crippen molar-refractivity contribution in [1.82, 2.24) is 4.98 Å². The number of thiazole rings is 1. The molecule has 1 aromatic rings. The molecule has 0 spiro atoms. The average Bonchev–Trinajstić information content (AvgIpc) is 2.39. The fourth-order valence-corrected chi connectivity index (χ4v) is 1.68. The number of ether oxygens (including phenoxy) is 1. The molecule has 0 saturated heterocycles. The second-order valence-electron chi connectivity index (χ2n) is 2.27. The van der Waals surface area contributed by atoms with Crippen LogP contribution in [0.25, 0.3) is 0 Å². The zero-order valence-corrected chi connectivity index (χ0v) is 7.52. The molecule has 0 amide bonds. The van der Waals surface area contributed by atoms with E-state index in [9.17, 15) is 0 Å². The zero-order chi connectivity index (χ0) is 8.27. The average molecular weight is 172 g/mol. The first kappa shape index (κ1) is 8.64. The minimum Gasteiger partial charge on any atom is -0.373 e. The molecule has 1 atom stereocenters. The van der Waals surface area contributed by atoms with E-state index in [1.54, 1.807) is 18.4 Å². The van der Waals surface area contributed by atoms with Crippen LogP contribution in [0.15, 0.2) is 6.20 Å². The van der Waals surface area contributed by atoms with Crippen molar-refractivity contribution >= 4 is 11.3 Å². The van der Waals surface area contributed by atoms with Crippen LogP contribution in [0.1, 0.15) is 16.0 Å². The van der Waals surface area contributed by atoms with Crippen LogP contribution >= 0.6 is 11.3 Å². The number of nitrogens with two attached hydrogens (primary N) is 1. The maximum absolute atomic E-state index is 5.47. The molecule has 3 nitrogen and oxygen atoms in total. The number of nitrogens with zero attached hydrogens (tertiary/aromatic N) is 1. The fraction of sp³-hybridized carbons (Fsp3) is 0.571. The molecular weight excluding hydrogens is 160 g/mol. The smallest absolute Gasteiger partial charge is 0.123 e. The number of aromatic nitrogens is 1. The summed E-state index contributed by atoms with van der Waals surface area (Å²) in [6.45, 7) is 2.51. The summed E-state index contributed by atoms with van der Waals surface area (Å²) >= 11 is 1.63. The molecule has 0 aliphatic rings. The number of aryl methyl sites for hydroxylation is 1. The van der Waals surface area contributed by atoms with Crippen molar-refractivity contribution in [2.45, 2.75) is 13.0 Å². The number of hydrogen-bond acceptors (Lipinski definition) is 4. The Labute approximate surface area is 70.2 Å². The summed E-state index contributed by atoms with van der Waals surface area (Å²) in [5.74, 6) is 0. The monoisotopic (exact) mass is 172 g/mol. The van der Waals surface area contributed by atoms with Crippen LogP contribution in [0.5, 0.6) is 0 Å². The van der Waals surface area contributed by atoms with Gasteiger partial charge in [-0.3, -0.25) is 0 Å². The van der Waals surface area contributed by atoms with Crippen LogP contribution in [0.3, 0.4) is 0 Å². The highest BCUT2D eigenvalue weighted by Gasteiger charge is 2.10. The van der Waals surface area contributed by atoms with Gasteiger partial charge in [0.25, 0.3) is 0 Å². The molecule has 1 heterocycles. The van der Waals surface area contributed by atoms with E-state index in [1.165, 1.54) is 4.88 Å². The molecule has 0 fully saturated rings. The van der Waals surface area contributed by atoms with E-state index >= 15 is 0 Å². The molecule has 11 heavy (non-hydrogen) atoms. The summed E-state index contributed by atoms with van der Waals surface area (Å²) < 4.78 is 5.12. The number of hydrogen-bond donors (Lipinski definition) is 1. The Bertz CT molecular complexity index is 220. The summed E-state index contributed by atoms with van der Waals surface area (Å²) in [4.78, 5) is 5.36. The SMILES string of the molecule is COC(CN)c1ncc(C)s1. The number of methoxy groups -OCH3 is 1. The maximum atomic E-state index is 5.47. The summed E-state index contributed by atoms with van der Waals surface area (Å²) in [5, 5.41) is 0.965. The van der Waals surface area contributed by atoms with Gasteiger partial charge in [0.05, 0.1) is 0 Å². The van der Waals surface area contributed by atoms with E-state index in [1.807, 2.05) is 13.1 Å². The first-order valence-corrected chi connectivity index (χ1v) is 4.24.